The monoisotopic (exact) mass is 394 g/mol. The minimum Gasteiger partial charge on any atom is -0.508 e. The first-order valence-corrected chi connectivity index (χ1v) is 9.27. The van der Waals surface area contributed by atoms with E-state index in [1.807, 2.05) is 54.6 Å². The van der Waals surface area contributed by atoms with Crippen LogP contribution < -0.4 is 0 Å². The van der Waals surface area contributed by atoms with Gasteiger partial charge in [0, 0.05) is 22.7 Å². The molecule has 1 N–H and O–H groups in total. The average molecular weight is 395 g/mol. The highest BCUT2D eigenvalue weighted by Gasteiger charge is 2.15. The van der Waals surface area contributed by atoms with Crippen LogP contribution in [0.2, 0.25) is 5.02 Å². The van der Waals surface area contributed by atoms with Gasteiger partial charge in [0.2, 0.25) is 5.89 Å². The number of phenolic OH excluding ortho intramolecular Hbond substituents is 1. The van der Waals surface area contributed by atoms with E-state index in [2.05, 4.69) is 9.88 Å². The van der Waals surface area contributed by atoms with Gasteiger partial charge in [0.1, 0.15) is 11.5 Å². The summed E-state index contributed by atoms with van der Waals surface area (Å²) < 4.78 is 11.4. The number of halogens is 1. The number of oxazole rings is 1. The second-order valence-electron chi connectivity index (χ2n) is 6.48. The Morgan fingerprint density at radius 2 is 1.75 bits per heavy atom. The van der Waals surface area contributed by atoms with Gasteiger partial charge >= 0.3 is 0 Å². The number of aromatic nitrogens is 1. The maximum Gasteiger partial charge on any atom is 0.209 e. The normalized spacial score (nSPS) is 11.2. The van der Waals surface area contributed by atoms with Gasteiger partial charge < -0.3 is 13.9 Å². The highest BCUT2D eigenvalue weighted by atomic mass is 35.5. The van der Waals surface area contributed by atoms with Gasteiger partial charge in [-0.3, -0.25) is 4.90 Å². The third kappa shape index (κ3) is 4.44. The van der Waals surface area contributed by atoms with Crippen molar-refractivity contribution in [2.45, 2.75) is 19.6 Å². The van der Waals surface area contributed by atoms with Crippen LogP contribution in [0.1, 0.15) is 17.2 Å². The summed E-state index contributed by atoms with van der Waals surface area (Å²) in [7, 11) is 0. The molecule has 0 unspecified atom stereocenters. The Kier molecular flexibility index (Phi) is 5.46. The molecule has 0 radical (unpaired) electrons. The van der Waals surface area contributed by atoms with Crippen LogP contribution >= 0.6 is 11.6 Å². The minimum absolute atomic E-state index is 0.265. The van der Waals surface area contributed by atoms with Crippen molar-refractivity contribution in [2.75, 3.05) is 0 Å². The van der Waals surface area contributed by atoms with Crippen LogP contribution in [0.15, 0.2) is 82.0 Å². The van der Waals surface area contributed by atoms with Crippen LogP contribution in [0.4, 0.5) is 0 Å². The van der Waals surface area contributed by atoms with Crippen LogP contribution in [0, 0.1) is 0 Å². The van der Waals surface area contributed by atoms with E-state index in [0.29, 0.717) is 36.3 Å². The van der Waals surface area contributed by atoms with Crippen molar-refractivity contribution in [3.05, 3.63) is 95.4 Å². The number of phenols is 1. The summed E-state index contributed by atoms with van der Waals surface area (Å²) in [6.07, 6.45) is 3.36. The van der Waals surface area contributed by atoms with Gasteiger partial charge in [0.15, 0.2) is 5.76 Å². The first kappa shape index (κ1) is 18.3. The zero-order valence-electron chi connectivity index (χ0n) is 15.1. The Hall–Kier alpha value is -3.02. The molecule has 2 aromatic carbocycles. The molecule has 2 aromatic heterocycles. The van der Waals surface area contributed by atoms with Crippen LogP contribution in [0.3, 0.4) is 0 Å². The molecule has 4 aromatic rings. The minimum atomic E-state index is 0.265. The highest BCUT2D eigenvalue weighted by Crippen LogP contribution is 2.24. The smallest absolute Gasteiger partial charge is 0.209 e. The molecule has 0 saturated heterocycles. The number of benzene rings is 2. The van der Waals surface area contributed by atoms with Crippen LogP contribution in [-0.2, 0) is 19.6 Å². The second-order valence-corrected chi connectivity index (χ2v) is 6.91. The molecule has 0 fully saturated rings. The quantitative estimate of drug-likeness (QED) is 0.448. The highest BCUT2D eigenvalue weighted by molar-refractivity contribution is 6.30. The Morgan fingerprint density at radius 1 is 0.929 bits per heavy atom. The van der Waals surface area contributed by atoms with E-state index >= 15 is 0 Å². The van der Waals surface area contributed by atoms with Crippen molar-refractivity contribution < 1.29 is 13.9 Å². The molecular weight excluding hydrogens is 376 g/mol. The summed E-state index contributed by atoms with van der Waals surface area (Å²) in [5.41, 5.74) is 1.75. The van der Waals surface area contributed by atoms with E-state index in [-0.39, 0.29) is 5.75 Å². The standard InChI is InChI=1S/C22H19ClN2O3/c23-18-9-7-16(8-10-18)21-12-24-22(28-21)15-25(14-19-5-3-11-27-19)13-17-4-1-2-6-20(17)26/h1-12,26H,13-15H2. The van der Waals surface area contributed by atoms with Crippen molar-refractivity contribution in [1.82, 2.24) is 9.88 Å². The van der Waals surface area contributed by atoms with Crippen LogP contribution in [-0.4, -0.2) is 15.0 Å². The molecule has 0 aliphatic rings. The largest absolute Gasteiger partial charge is 0.508 e. The predicted octanol–water partition coefficient (Wildman–Crippen LogP) is 5.50. The zero-order valence-corrected chi connectivity index (χ0v) is 15.8. The maximum absolute atomic E-state index is 10.1. The van der Waals surface area contributed by atoms with E-state index in [0.717, 1.165) is 16.9 Å². The molecule has 142 valence electrons. The summed E-state index contributed by atoms with van der Waals surface area (Å²) in [5.74, 6) is 2.38. The van der Waals surface area contributed by atoms with Crippen molar-refractivity contribution in [3.8, 4) is 17.1 Å². The molecule has 0 bridgehead atoms. The molecule has 4 rings (SSSR count). The number of hydrogen-bond donors (Lipinski definition) is 1. The molecular formula is C22H19ClN2O3. The molecule has 0 amide bonds. The molecule has 0 atom stereocenters. The van der Waals surface area contributed by atoms with Gasteiger partial charge in [-0.05, 0) is 42.5 Å². The summed E-state index contributed by atoms with van der Waals surface area (Å²) >= 11 is 5.95. The number of furan rings is 1. The number of nitrogens with zero attached hydrogens (tertiary/aromatic N) is 2. The summed E-state index contributed by atoms with van der Waals surface area (Å²) in [6, 6.07) is 18.5. The fraction of sp³-hybridized carbons (Fsp3) is 0.136. The number of rotatable bonds is 7. The van der Waals surface area contributed by atoms with Crippen molar-refractivity contribution in [3.63, 3.8) is 0 Å². The van der Waals surface area contributed by atoms with Crippen LogP contribution in [0.25, 0.3) is 11.3 Å². The number of aromatic hydroxyl groups is 1. The summed E-state index contributed by atoms with van der Waals surface area (Å²) in [5, 5.41) is 10.8. The van der Waals surface area contributed by atoms with E-state index < -0.39 is 0 Å². The van der Waals surface area contributed by atoms with Crippen molar-refractivity contribution in [1.29, 1.82) is 0 Å². The molecule has 5 nitrogen and oxygen atoms in total. The fourth-order valence-corrected chi connectivity index (χ4v) is 3.12. The molecule has 6 heteroatoms. The van der Waals surface area contributed by atoms with Crippen molar-refractivity contribution >= 4 is 11.6 Å². The Balaban J connectivity index is 1.53. The van der Waals surface area contributed by atoms with E-state index in [4.69, 9.17) is 20.4 Å². The lowest BCUT2D eigenvalue weighted by Gasteiger charge is -2.20. The van der Waals surface area contributed by atoms with E-state index in [1.54, 1.807) is 18.5 Å². The summed E-state index contributed by atoms with van der Waals surface area (Å²) in [4.78, 5) is 6.52. The predicted molar refractivity (Wildman–Crippen MR) is 107 cm³/mol. The average Bonchev–Trinajstić information content (AvgIpc) is 3.36. The first-order chi connectivity index (χ1) is 13.7. The topological polar surface area (TPSA) is 62.6 Å². The Labute approximate surface area is 167 Å². The second kappa shape index (κ2) is 8.33. The Morgan fingerprint density at radius 3 is 2.50 bits per heavy atom. The number of para-hydroxylation sites is 1. The molecule has 0 saturated carbocycles. The van der Waals surface area contributed by atoms with Gasteiger partial charge in [-0.15, -0.1) is 0 Å². The number of hydrogen-bond acceptors (Lipinski definition) is 5. The van der Waals surface area contributed by atoms with Gasteiger partial charge in [0.05, 0.1) is 25.5 Å². The molecule has 0 spiro atoms. The van der Waals surface area contributed by atoms with Gasteiger partial charge in [-0.2, -0.15) is 0 Å². The third-order valence-corrected chi connectivity index (χ3v) is 4.64. The van der Waals surface area contributed by atoms with Gasteiger partial charge in [-0.1, -0.05) is 29.8 Å². The first-order valence-electron chi connectivity index (χ1n) is 8.89. The van der Waals surface area contributed by atoms with E-state index in [9.17, 15) is 5.11 Å². The Bertz CT molecular complexity index is 1030. The fourth-order valence-electron chi connectivity index (χ4n) is 3.00. The SMILES string of the molecule is Oc1ccccc1CN(Cc1ccco1)Cc1ncc(-c2ccc(Cl)cc2)o1. The summed E-state index contributed by atoms with van der Waals surface area (Å²) in [6.45, 7) is 1.58. The molecule has 0 aliphatic heterocycles. The lowest BCUT2D eigenvalue weighted by Crippen LogP contribution is -2.22. The lowest BCUT2D eigenvalue weighted by molar-refractivity contribution is 0.204. The van der Waals surface area contributed by atoms with Gasteiger partial charge in [0.25, 0.3) is 0 Å². The van der Waals surface area contributed by atoms with Gasteiger partial charge in [-0.25, -0.2) is 4.98 Å². The van der Waals surface area contributed by atoms with E-state index in [1.165, 1.54) is 0 Å². The molecule has 0 aliphatic carbocycles. The van der Waals surface area contributed by atoms with Crippen LogP contribution in [0.5, 0.6) is 5.75 Å². The zero-order chi connectivity index (χ0) is 19.3. The third-order valence-electron chi connectivity index (χ3n) is 4.39. The molecule has 28 heavy (non-hydrogen) atoms. The lowest BCUT2D eigenvalue weighted by atomic mass is 10.2. The molecule has 2 heterocycles. The van der Waals surface area contributed by atoms with Crippen molar-refractivity contribution in [2.24, 2.45) is 0 Å². The maximum atomic E-state index is 10.1.